The second kappa shape index (κ2) is 8.58. The number of rotatable bonds is 5. The van der Waals surface area contributed by atoms with Gasteiger partial charge in [-0.25, -0.2) is 8.78 Å². The maximum absolute atomic E-state index is 14.6. The van der Waals surface area contributed by atoms with Crippen LogP contribution in [0.3, 0.4) is 0 Å². The molecule has 1 fully saturated rings. The van der Waals surface area contributed by atoms with Gasteiger partial charge in [0, 0.05) is 24.0 Å². The van der Waals surface area contributed by atoms with Crippen molar-refractivity contribution in [2.45, 2.75) is 13.0 Å². The molecule has 1 aliphatic rings. The molecule has 32 heavy (non-hydrogen) atoms. The number of aliphatic hydroxyl groups is 1. The SMILES string of the molecule is CCOc1ccc(/C(O)=C2\C(=O)C(=O)N(c3ccc(F)cc3F)C2c2ccncc2)cc1. The molecule has 2 aromatic carbocycles. The number of aromatic nitrogens is 1. The lowest BCUT2D eigenvalue weighted by molar-refractivity contribution is -0.132. The van der Waals surface area contributed by atoms with E-state index in [1.165, 1.54) is 12.4 Å². The topological polar surface area (TPSA) is 79.7 Å². The van der Waals surface area contributed by atoms with E-state index in [2.05, 4.69) is 4.98 Å². The van der Waals surface area contributed by atoms with Crippen LogP contribution in [0.25, 0.3) is 5.76 Å². The summed E-state index contributed by atoms with van der Waals surface area (Å²) in [6.45, 7) is 2.29. The minimum atomic E-state index is -1.13. The summed E-state index contributed by atoms with van der Waals surface area (Å²) < 4.78 is 33.5. The number of halogens is 2. The van der Waals surface area contributed by atoms with Crippen molar-refractivity contribution in [1.29, 1.82) is 0 Å². The van der Waals surface area contributed by atoms with Crippen LogP contribution in [0.2, 0.25) is 0 Å². The van der Waals surface area contributed by atoms with Gasteiger partial charge in [-0.3, -0.25) is 19.5 Å². The number of carbonyl (C=O) groups excluding carboxylic acids is 2. The summed E-state index contributed by atoms with van der Waals surface area (Å²) in [5, 5.41) is 11.0. The van der Waals surface area contributed by atoms with E-state index in [4.69, 9.17) is 4.74 Å². The van der Waals surface area contributed by atoms with E-state index in [9.17, 15) is 23.5 Å². The molecule has 1 amide bonds. The van der Waals surface area contributed by atoms with Crippen molar-refractivity contribution in [2.24, 2.45) is 0 Å². The lowest BCUT2D eigenvalue weighted by atomic mass is 9.95. The molecule has 3 aromatic rings. The highest BCUT2D eigenvalue weighted by molar-refractivity contribution is 6.51. The smallest absolute Gasteiger partial charge is 0.300 e. The van der Waals surface area contributed by atoms with E-state index in [0.29, 0.717) is 24.0 Å². The number of amides is 1. The molecule has 162 valence electrons. The summed E-state index contributed by atoms with van der Waals surface area (Å²) in [5.41, 5.74) is 0.218. The van der Waals surface area contributed by atoms with Gasteiger partial charge in [-0.1, -0.05) is 0 Å². The highest BCUT2D eigenvalue weighted by atomic mass is 19.1. The molecule has 1 aromatic heterocycles. The van der Waals surface area contributed by atoms with Crippen LogP contribution in [0, 0.1) is 11.6 Å². The fourth-order valence-corrected chi connectivity index (χ4v) is 3.65. The van der Waals surface area contributed by atoms with Gasteiger partial charge in [-0.05, 0) is 61.0 Å². The number of nitrogens with zero attached hydrogens (tertiary/aromatic N) is 2. The molecule has 0 spiro atoms. The Balaban J connectivity index is 1.90. The Morgan fingerprint density at radius 3 is 2.38 bits per heavy atom. The largest absolute Gasteiger partial charge is 0.507 e. The molecular formula is C24H18F2N2O4. The Hall–Kier alpha value is -4.07. The van der Waals surface area contributed by atoms with E-state index >= 15 is 0 Å². The molecule has 1 unspecified atom stereocenters. The Labute approximate surface area is 182 Å². The first kappa shape index (κ1) is 21.2. The second-order valence-corrected chi connectivity index (χ2v) is 7.00. The Morgan fingerprint density at radius 1 is 1.06 bits per heavy atom. The number of anilines is 1. The van der Waals surface area contributed by atoms with Crippen LogP contribution in [0.15, 0.2) is 72.6 Å². The van der Waals surface area contributed by atoms with Crippen molar-refractivity contribution in [3.63, 3.8) is 0 Å². The highest BCUT2D eigenvalue weighted by Crippen LogP contribution is 2.42. The van der Waals surface area contributed by atoms with Gasteiger partial charge in [-0.15, -0.1) is 0 Å². The average Bonchev–Trinajstić information content (AvgIpc) is 3.05. The van der Waals surface area contributed by atoms with Gasteiger partial charge in [-0.2, -0.15) is 0 Å². The maximum Gasteiger partial charge on any atom is 0.300 e. The van der Waals surface area contributed by atoms with Gasteiger partial charge in [0.15, 0.2) is 0 Å². The number of benzene rings is 2. The lowest BCUT2D eigenvalue weighted by Crippen LogP contribution is -2.30. The predicted molar refractivity (Wildman–Crippen MR) is 113 cm³/mol. The fraction of sp³-hybridized carbons (Fsp3) is 0.125. The summed E-state index contributed by atoms with van der Waals surface area (Å²) in [4.78, 5) is 30.8. The number of ketones is 1. The molecule has 0 aliphatic carbocycles. The van der Waals surface area contributed by atoms with Crippen LogP contribution >= 0.6 is 0 Å². The quantitative estimate of drug-likeness (QED) is 0.365. The van der Waals surface area contributed by atoms with E-state index in [1.807, 2.05) is 6.92 Å². The van der Waals surface area contributed by atoms with E-state index in [-0.39, 0.29) is 16.8 Å². The number of carbonyl (C=O) groups is 2. The lowest BCUT2D eigenvalue weighted by Gasteiger charge is -2.25. The molecule has 0 bridgehead atoms. The Kier molecular flexibility index (Phi) is 5.68. The average molecular weight is 436 g/mol. The number of ether oxygens (including phenoxy) is 1. The van der Waals surface area contributed by atoms with Crippen molar-refractivity contribution in [2.75, 3.05) is 11.5 Å². The first-order valence-electron chi connectivity index (χ1n) is 9.81. The van der Waals surface area contributed by atoms with Gasteiger partial charge < -0.3 is 9.84 Å². The zero-order valence-corrected chi connectivity index (χ0v) is 17.0. The molecule has 4 rings (SSSR count). The molecule has 0 saturated carbocycles. The standard InChI is InChI=1S/C24H18F2N2O4/c1-2-32-17-6-3-15(4-7-17)22(29)20-21(14-9-11-27-12-10-14)28(24(31)23(20)30)19-8-5-16(25)13-18(19)26/h3-13,21,29H,2H2,1H3/b22-20+. The third-order valence-corrected chi connectivity index (χ3v) is 5.07. The first-order valence-corrected chi connectivity index (χ1v) is 9.81. The first-order chi connectivity index (χ1) is 15.4. The molecule has 1 N–H and O–H groups in total. The van der Waals surface area contributed by atoms with E-state index in [0.717, 1.165) is 17.0 Å². The zero-order valence-electron chi connectivity index (χ0n) is 17.0. The maximum atomic E-state index is 14.6. The van der Waals surface area contributed by atoms with Crippen LogP contribution < -0.4 is 9.64 Å². The number of hydrogen-bond donors (Lipinski definition) is 1. The molecule has 8 heteroatoms. The van der Waals surface area contributed by atoms with Gasteiger partial charge in [0.2, 0.25) is 0 Å². The number of Topliss-reactive ketones (excluding diaryl/α,β-unsaturated/α-hetero) is 1. The van der Waals surface area contributed by atoms with Crippen LogP contribution in [0.5, 0.6) is 5.75 Å². The molecule has 1 saturated heterocycles. The zero-order chi connectivity index (χ0) is 22.8. The van der Waals surface area contributed by atoms with Crippen LogP contribution in [0.4, 0.5) is 14.5 Å². The van der Waals surface area contributed by atoms with E-state index in [1.54, 1.807) is 36.4 Å². The minimum Gasteiger partial charge on any atom is -0.507 e. The molecule has 0 radical (unpaired) electrons. The summed E-state index contributed by atoms with van der Waals surface area (Å²) >= 11 is 0. The summed E-state index contributed by atoms with van der Waals surface area (Å²) in [6, 6.07) is 11.0. The summed E-state index contributed by atoms with van der Waals surface area (Å²) in [7, 11) is 0. The minimum absolute atomic E-state index is 0.214. The summed E-state index contributed by atoms with van der Waals surface area (Å²) in [6.07, 6.45) is 2.90. The van der Waals surface area contributed by atoms with Crippen molar-refractivity contribution in [3.8, 4) is 5.75 Å². The normalized spacial score (nSPS) is 17.6. The number of aliphatic hydroxyl groups excluding tert-OH is 1. The van der Waals surface area contributed by atoms with Crippen LogP contribution in [-0.4, -0.2) is 28.4 Å². The Morgan fingerprint density at radius 2 is 1.75 bits per heavy atom. The van der Waals surface area contributed by atoms with Gasteiger partial charge in [0.1, 0.15) is 23.1 Å². The van der Waals surface area contributed by atoms with Crippen molar-refractivity contribution in [3.05, 3.63) is 95.3 Å². The summed E-state index contributed by atoms with van der Waals surface area (Å²) in [5.74, 6) is -3.70. The van der Waals surface area contributed by atoms with Crippen LogP contribution in [-0.2, 0) is 9.59 Å². The van der Waals surface area contributed by atoms with Gasteiger partial charge in [0.05, 0.1) is 23.9 Å². The number of hydrogen-bond acceptors (Lipinski definition) is 5. The molecule has 1 aliphatic heterocycles. The molecule has 6 nitrogen and oxygen atoms in total. The monoisotopic (exact) mass is 436 g/mol. The van der Waals surface area contributed by atoms with Crippen molar-refractivity contribution in [1.82, 2.24) is 4.98 Å². The molecule has 2 heterocycles. The second-order valence-electron chi connectivity index (χ2n) is 7.00. The van der Waals surface area contributed by atoms with Gasteiger partial charge >= 0.3 is 0 Å². The third kappa shape index (κ3) is 3.71. The predicted octanol–water partition coefficient (Wildman–Crippen LogP) is 4.38. The van der Waals surface area contributed by atoms with E-state index < -0.39 is 35.1 Å². The van der Waals surface area contributed by atoms with Gasteiger partial charge in [0.25, 0.3) is 11.7 Å². The number of pyridine rings is 1. The fourth-order valence-electron chi connectivity index (χ4n) is 3.65. The van der Waals surface area contributed by atoms with Crippen molar-refractivity contribution >= 4 is 23.1 Å². The van der Waals surface area contributed by atoms with Crippen LogP contribution in [0.1, 0.15) is 24.1 Å². The third-order valence-electron chi connectivity index (χ3n) is 5.07. The van der Waals surface area contributed by atoms with Crippen molar-refractivity contribution < 1.29 is 28.2 Å². The molecular weight excluding hydrogens is 418 g/mol. The highest BCUT2D eigenvalue weighted by Gasteiger charge is 2.47. The molecule has 1 atom stereocenters. The Bertz CT molecular complexity index is 1210.